The molecule has 0 amide bonds. The Kier molecular flexibility index (Phi) is 3.27. The Labute approximate surface area is 141 Å². The van der Waals surface area contributed by atoms with E-state index >= 15 is 0 Å². The summed E-state index contributed by atoms with van der Waals surface area (Å²) >= 11 is 0. The first kappa shape index (κ1) is 15.8. The summed E-state index contributed by atoms with van der Waals surface area (Å²) in [7, 11) is 0. The van der Waals surface area contributed by atoms with Crippen molar-refractivity contribution in [1.82, 2.24) is 0 Å². The van der Waals surface area contributed by atoms with Gasteiger partial charge in [0.2, 0.25) is 5.60 Å². The number of hydrogen-bond donors (Lipinski definition) is 1. The van der Waals surface area contributed by atoms with Gasteiger partial charge in [0.25, 0.3) is 0 Å². The van der Waals surface area contributed by atoms with Crippen molar-refractivity contribution in [1.29, 1.82) is 0 Å². The number of alkyl halides is 3. The summed E-state index contributed by atoms with van der Waals surface area (Å²) in [5, 5.41) is 10.7. The first-order valence-corrected chi connectivity index (χ1v) is 7.62. The van der Waals surface area contributed by atoms with Gasteiger partial charge in [0.1, 0.15) is 5.82 Å². The average Bonchev–Trinajstić information content (AvgIpc) is 2.85. The predicted molar refractivity (Wildman–Crippen MR) is 86.3 cm³/mol. The molecule has 25 heavy (non-hydrogen) atoms. The number of benzene rings is 3. The standard InChI is InChI=1S/C20H12F4O/c21-14-5-3-4-12(10-14)13-8-9-16-15-6-1-2-7-17(15)19(25,18(16)11-13)20(22,23)24/h1-11,25H. The minimum absolute atomic E-state index is 0.186. The van der Waals surface area contributed by atoms with E-state index in [0.717, 1.165) is 0 Å². The van der Waals surface area contributed by atoms with Crippen molar-refractivity contribution in [3.8, 4) is 22.3 Å². The number of aliphatic hydroxyl groups is 1. The molecule has 0 radical (unpaired) electrons. The summed E-state index contributed by atoms with van der Waals surface area (Å²) in [5.74, 6) is -0.479. The lowest BCUT2D eigenvalue weighted by atomic mass is 9.89. The maximum Gasteiger partial charge on any atom is 0.425 e. The van der Waals surface area contributed by atoms with Gasteiger partial charge in [0.05, 0.1) is 0 Å². The number of rotatable bonds is 1. The second-order valence-corrected chi connectivity index (χ2v) is 6.02. The van der Waals surface area contributed by atoms with Crippen LogP contribution in [0, 0.1) is 5.82 Å². The summed E-state index contributed by atoms with van der Waals surface area (Å²) in [6.45, 7) is 0. The molecule has 0 heterocycles. The molecule has 126 valence electrons. The lowest BCUT2D eigenvalue weighted by molar-refractivity contribution is -0.246. The predicted octanol–water partition coefficient (Wildman–Crippen LogP) is 5.27. The molecule has 0 saturated heterocycles. The highest BCUT2D eigenvalue weighted by atomic mass is 19.4. The van der Waals surface area contributed by atoms with Gasteiger partial charge >= 0.3 is 6.18 Å². The van der Waals surface area contributed by atoms with E-state index in [0.29, 0.717) is 22.3 Å². The molecular formula is C20H12F4O. The van der Waals surface area contributed by atoms with Crippen molar-refractivity contribution in [3.63, 3.8) is 0 Å². The number of hydrogen-bond acceptors (Lipinski definition) is 1. The summed E-state index contributed by atoms with van der Waals surface area (Å²) in [5.41, 5.74) is -1.96. The molecule has 0 aliphatic heterocycles. The Bertz CT molecular complexity index is 977. The molecule has 3 aromatic rings. The van der Waals surface area contributed by atoms with Gasteiger partial charge in [0, 0.05) is 11.1 Å². The third-order valence-corrected chi connectivity index (χ3v) is 4.58. The van der Waals surface area contributed by atoms with Crippen molar-refractivity contribution in [2.45, 2.75) is 11.8 Å². The van der Waals surface area contributed by atoms with Crippen molar-refractivity contribution in [2.75, 3.05) is 0 Å². The van der Waals surface area contributed by atoms with Crippen LogP contribution in [0.2, 0.25) is 0 Å². The number of fused-ring (bicyclic) bond motifs is 3. The van der Waals surface area contributed by atoms with Gasteiger partial charge < -0.3 is 5.11 Å². The third-order valence-electron chi connectivity index (χ3n) is 4.58. The third kappa shape index (κ3) is 2.19. The molecule has 1 atom stereocenters. The smallest absolute Gasteiger partial charge is 0.372 e. The quantitative estimate of drug-likeness (QED) is 0.596. The fourth-order valence-corrected chi connectivity index (χ4v) is 3.41. The van der Waals surface area contributed by atoms with Gasteiger partial charge in [0.15, 0.2) is 0 Å². The van der Waals surface area contributed by atoms with Gasteiger partial charge in [-0.25, -0.2) is 4.39 Å². The van der Waals surface area contributed by atoms with Crippen molar-refractivity contribution >= 4 is 0 Å². The van der Waals surface area contributed by atoms with Crippen molar-refractivity contribution < 1.29 is 22.7 Å². The minimum atomic E-state index is -4.88. The molecule has 0 aromatic heterocycles. The van der Waals surface area contributed by atoms with E-state index in [2.05, 4.69) is 0 Å². The van der Waals surface area contributed by atoms with E-state index < -0.39 is 17.6 Å². The summed E-state index contributed by atoms with van der Waals surface area (Å²) < 4.78 is 54.8. The van der Waals surface area contributed by atoms with Gasteiger partial charge in [-0.2, -0.15) is 13.2 Å². The van der Waals surface area contributed by atoms with Crippen molar-refractivity contribution in [2.24, 2.45) is 0 Å². The highest BCUT2D eigenvalue weighted by Gasteiger charge is 2.60. The van der Waals surface area contributed by atoms with E-state index in [9.17, 15) is 22.7 Å². The fraction of sp³-hybridized carbons (Fsp3) is 0.100. The van der Waals surface area contributed by atoms with Crippen LogP contribution in [0.4, 0.5) is 17.6 Å². The summed E-state index contributed by atoms with van der Waals surface area (Å²) in [6, 6.07) is 16.0. The van der Waals surface area contributed by atoms with Gasteiger partial charge in [-0.05, 0) is 40.5 Å². The van der Waals surface area contributed by atoms with E-state index in [1.54, 1.807) is 24.3 Å². The average molecular weight is 344 g/mol. The Morgan fingerprint density at radius 2 is 1.40 bits per heavy atom. The van der Waals surface area contributed by atoms with Crippen LogP contribution in [-0.4, -0.2) is 11.3 Å². The van der Waals surface area contributed by atoms with Crippen LogP contribution in [0.1, 0.15) is 11.1 Å². The van der Waals surface area contributed by atoms with Crippen LogP contribution in [-0.2, 0) is 5.60 Å². The van der Waals surface area contributed by atoms with E-state index in [4.69, 9.17) is 0 Å². The zero-order valence-electron chi connectivity index (χ0n) is 12.8. The van der Waals surface area contributed by atoms with Crippen molar-refractivity contribution in [3.05, 3.63) is 83.7 Å². The lowest BCUT2D eigenvalue weighted by Gasteiger charge is -2.28. The molecule has 0 spiro atoms. The molecule has 4 rings (SSSR count). The Hall–Kier alpha value is -2.66. The Balaban J connectivity index is 1.99. The molecule has 0 fully saturated rings. The minimum Gasteiger partial charge on any atom is -0.372 e. The Morgan fingerprint density at radius 3 is 2.12 bits per heavy atom. The zero-order chi connectivity index (χ0) is 17.8. The summed E-state index contributed by atoms with van der Waals surface area (Å²) in [6.07, 6.45) is -4.88. The highest BCUT2D eigenvalue weighted by molar-refractivity contribution is 5.83. The monoisotopic (exact) mass is 344 g/mol. The maximum atomic E-state index is 13.8. The lowest BCUT2D eigenvalue weighted by Crippen LogP contribution is -2.41. The SMILES string of the molecule is OC1(C(F)(F)F)c2ccccc2-c2ccc(-c3cccc(F)c3)cc21. The van der Waals surface area contributed by atoms with Crippen LogP contribution in [0.3, 0.4) is 0 Å². The second-order valence-electron chi connectivity index (χ2n) is 6.02. The second kappa shape index (κ2) is 5.17. The molecule has 3 aromatic carbocycles. The van der Waals surface area contributed by atoms with Gasteiger partial charge in [-0.1, -0.05) is 48.5 Å². The normalized spacial score (nSPS) is 18.8. The van der Waals surface area contributed by atoms with Crippen LogP contribution in [0.15, 0.2) is 66.7 Å². The molecule has 0 saturated carbocycles. The topological polar surface area (TPSA) is 20.2 Å². The number of halogens is 4. The molecule has 0 bridgehead atoms. The molecule has 1 unspecified atom stereocenters. The zero-order valence-corrected chi connectivity index (χ0v) is 12.8. The first-order chi connectivity index (χ1) is 11.8. The van der Waals surface area contributed by atoms with Gasteiger partial charge in [-0.15, -0.1) is 0 Å². The summed E-state index contributed by atoms with van der Waals surface area (Å²) in [4.78, 5) is 0. The van der Waals surface area contributed by atoms with Crippen LogP contribution >= 0.6 is 0 Å². The first-order valence-electron chi connectivity index (χ1n) is 7.62. The van der Waals surface area contributed by atoms with Crippen LogP contribution in [0.25, 0.3) is 22.3 Å². The largest absolute Gasteiger partial charge is 0.425 e. The molecule has 1 N–H and O–H groups in total. The van der Waals surface area contributed by atoms with Crippen LogP contribution < -0.4 is 0 Å². The molecule has 1 aliphatic rings. The molecular weight excluding hydrogens is 332 g/mol. The fourth-order valence-electron chi connectivity index (χ4n) is 3.41. The van der Waals surface area contributed by atoms with E-state index in [1.165, 1.54) is 42.5 Å². The maximum absolute atomic E-state index is 13.8. The van der Waals surface area contributed by atoms with Gasteiger partial charge in [-0.3, -0.25) is 0 Å². The highest BCUT2D eigenvalue weighted by Crippen LogP contribution is 2.55. The molecule has 5 heteroatoms. The van der Waals surface area contributed by atoms with E-state index in [-0.39, 0.29) is 11.1 Å². The molecule has 1 aliphatic carbocycles. The van der Waals surface area contributed by atoms with Crippen LogP contribution in [0.5, 0.6) is 0 Å². The van der Waals surface area contributed by atoms with E-state index in [1.807, 2.05) is 0 Å². The molecule has 1 nitrogen and oxygen atoms in total. The Morgan fingerprint density at radius 1 is 0.720 bits per heavy atom.